The first-order valence-corrected chi connectivity index (χ1v) is 9.71. The first kappa shape index (κ1) is 19.9. The van der Waals surface area contributed by atoms with Gasteiger partial charge in [-0.15, -0.1) is 0 Å². The van der Waals surface area contributed by atoms with Gasteiger partial charge in [-0.3, -0.25) is 0 Å². The van der Waals surface area contributed by atoms with Gasteiger partial charge in [0, 0.05) is 11.1 Å². The van der Waals surface area contributed by atoms with Crippen molar-refractivity contribution in [2.75, 3.05) is 0 Å². The zero-order valence-corrected chi connectivity index (χ0v) is 15.5. The van der Waals surface area contributed by atoms with E-state index < -0.39 is 0 Å². The van der Waals surface area contributed by atoms with Gasteiger partial charge in [0.25, 0.3) is 0 Å². The lowest BCUT2D eigenvalue weighted by Gasteiger charge is -2.17. The normalized spacial score (nSPS) is 11.1. The number of unbranched alkanes of at least 4 members (excludes halogenated alkanes) is 6. The second kappa shape index (κ2) is 11.4. The number of hydrogen-bond acceptors (Lipinski definition) is 2. The molecule has 23 heavy (non-hydrogen) atoms. The SMILES string of the molecule is CCCCCc1cc(O)c(CCCCC)c(CCCCC)c1O. The molecule has 0 bridgehead atoms. The lowest BCUT2D eigenvalue weighted by atomic mass is 9.91. The molecule has 132 valence electrons. The van der Waals surface area contributed by atoms with Crippen LogP contribution < -0.4 is 0 Å². The van der Waals surface area contributed by atoms with Crippen LogP contribution in [0.2, 0.25) is 0 Å². The molecule has 1 rings (SSSR count). The Morgan fingerprint density at radius 3 is 1.65 bits per heavy atom. The Bertz CT molecular complexity index is 452. The summed E-state index contributed by atoms with van der Waals surface area (Å²) in [6, 6.07) is 1.82. The number of rotatable bonds is 12. The second-order valence-electron chi connectivity index (χ2n) is 6.73. The van der Waals surface area contributed by atoms with E-state index >= 15 is 0 Å². The maximum absolute atomic E-state index is 10.7. The van der Waals surface area contributed by atoms with Crippen LogP contribution in [0.15, 0.2) is 6.07 Å². The third-order valence-electron chi connectivity index (χ3n) is 4.68. The Labute approximate surface area is 142 Å². The smallest absolute Gasteiger partial charge is 0.122 e. The van der Waals surface area contributed by atoms with Gasteiger partial charge in [-0.1, -0.05) is 59.3 Å². The molecule has 2 N–H and O–H groups in total. The summed E-state index contributed by atoms with van der Waals surface area (Å²) in [6.07, 6.45) is 12.9. The molecule has 2 heteroatoms. The van der Waals surface area contributed by atoms with E-state index in [-0.39, 0.29) is 0 Å². The number of hydrogen-bond donors (Lipinski definition) is 2. The highest BCUT2D eigenvalue weighted by Crippen LogP contribution is 2.36. The summed E-state index contributed by atoms with van der Waals surface area (Å²) < 4.78 is 0. The Morgan fingerprint density at radius 2 is 1.13 bits per heavy atom. The zero-order chi connectivity index (χ0) is 17.1. The van der Waals surface area contributed by atoms with Gasteiger partial charge < -0.3 is 10.2 Å². The summed E-state index contributed by atoms with van der Waals surface area (Å²) in [5, 5.41) is 21.2. The van der Waals surface area contributed by atoms with Crippen molar-refractivity contribution in [1.29, 1.82) is 0 Å². The van der Waals surface area contributed by atoms with Crippen LogP contribution in [0.25, 0.3) is 0 Å². The molecule has 0 aliphatic carbocycles. The molecule has 0 aliphatic rings. The number of phenols is 2. The predicted molar refractivity (Wildman–Crippen MR) is 99.5 cm³/mol. The van der Waals surface area contributed by atoms with Gasteiger partial charge in [0.05, 0.1) is 0 Å². The van der Waals surface area contributed by atoms with E-state index in [0.717, 1.165) is 55.2 Å². The number of phenolic OH excluding ortho intramolecular Hbond substituents is 2. The van der Waals surface area contributed by atoms with Crippen molar-refractivity contribution in [1.82, 2.24) is 0 Å². The summed E-state index contributed by atoms with van der Waals surface area (Å²) in [7, 11) is 0. The van der Waals surface area contributed by atoms with Crippen LogP contribution in [0, 0.1) is 0 Å². The van der Waals surface area contributed by atoms with Crippen molar-refractivity contribution < 1.29 is 10.2 Å². The minimum Gasteiger partial charge on any atom is -0.508 e. The molecule has 0 fully saturated rings. The molecule has 0 saturated heterocycles. The summed E-state index contributed by atoms with van der Waals surface area (Å²) in [4.78, 5) is 0. The highest BCUT2D eigenvalue weighted by Gasteiger charge is 2.16. The molecule has 0 atom stereocenters. The lowest BCUT2D eigenvalue weighted by Crippen LogP contribution is -2.01. The van der Waals surface area contributed by atoms with E-state index in [9.17, 15) is 10.2 Å². The maximum Gasteiger partial charge on any atom is 0.122 e. The van der Waals surface area contributed by atoms with Crippen LogP contribution in [-0.2, 0) is 19.3 Å². The Kier molecular flexibility index (Phi) is 9.82. The van der Waals surface area contributed by atoms with Crippen molar-refractivity contribution in [3.05, 3.63) is 22.8 Å². The van der Waals surface area contributed by atoms with Crippen LogP contribution in [0.1, 0.15) is 95.2 Å². The van der Waals surface area contributed by atoms with Gasteiger partial charge in [0.15, 0.2) is 0 Å². The first-order valence-electron chi connectivity index (χ1n) is 9.71. The maximum atomic E-state index is 10.7. The fourth-order valence-corrected chi connectivity index (χ4v) is 3.22. The van der Waals surface area contributed by atoms with Crippen molar-refractivity contribution in [3.8, 4) is 11.5 Å². The molecular weight excluding hydrogens is 284 g/mol. The monoisotopic (exact) mass is 320 g/mol. The molecule has 0 saturated carbocycles. The molecule has 0 aliphatic heterocycles. The molecule has 1 aromatic rings. The average Bonchev–Trinajstić information content (AvgIpc) is 2.54. The van der Waals surface area contributed by atoms with Gasteiger partial charge >= 0.3 is 0 Å². The van der Waals surface area contributed by atoms with Crippen LogP contribution in [0.4, 0.5) is 0 Å². The van der Waals surface area contributed by atoms with Gasteiger partial charge in [0.1, 0.15) is 11.5 Å². The van der Waals surface area contributed by atoms with Crippen LogP contribution in [-0.4, -0.2) is 10.2 Å². The van der Waals surface area contributed by atoms with Gasteiger partial charge in [-0.2, -0.15) is 0 Å². The molecule has 0 unspecified atom stereocenters. The molecule has 1 aromatic carbocycles. The van der Waals surface area contributed by atoms with Crippen LogP contribution in [0.5, 0.6) is 11.5 Å². The first-order chi connectivity index (χ1) is 11.2. The fraction of sp³-hybridized carbons (Fsp3) is 0.714. The number of benzene rings is 1. The minimum atomic E-state index is 0.400. The van der Waals surface area contributed by atoms with E-state index in [2.05, 4.69) is 20.8 Å². The van der Waals surface area contributed by atoms with E-state index in [1.54, 1.807) is 0 Å². The summed E-state index contributed by atoms with van der Waals surface area (Å²) in [5.41, 5.74) is 2.94. The molecule has 0 amide bonds. The Hall–Kier alpha value is -1.18. The molecule has 0 heterocycles. The largest absolute Gasteiger partial charge is 0.508 e. The van der Waals surface area contributed by atoms with Crippen LogP contribution >= 0.6 is 0 Å². The van der Waals surface area contributed by atoms with Crippen molar-refractivity contribution in [3.63, 3.8) is 0 Å². The average molecular weight is 321 g/mol. The highest BCUT2D eigenvalue weighted by molar-refractivity contribution is 5.53. The summed E-state index contributed by atoms with van der Waals surface area (Å²) in [5.74, 6) is 0.860. The Morgan fingerprint density at radius 1 is 0.652 bits per heavy atom. The van der Waals surface area contributed by atoms with Crippen molar-refractivity contribution in [2.24, 2.45) is 0 Å². The molecule has 2 nitrogen and oxygen atoms in total. The number of aryl methyl sites for hydroxylation is 1. The number of aromatic hydroxyl groups is 2. The summed E-state index contributed by atoms with van der Waals surface area (Å²) >= 11 is 0. The van der Waals surface area contributed by atoms with E-state index in [0.29, 0.717) is 11.5 Å². The standard InChI is InChI=1S/C21H36O2/c1-4-7-10-13-17-16-20(22)18(14-11-8-5-2)19(21(17)23)15-12-9-6-3/h16,22-23H,4-15H2,1-3H3. The lowest BCUT2D eigenvalue weighted by molar-refractivity contribution is 0.438. The molecule has 0 radical (unpaired) electrons. The van der Waals surface area contributed by atoms with E-state index in [4.69, 9.17) is 0 Å². The topological polar surface area (TPSA) is 40.5 Å². The van der Waals surface area contributed by atoms with Gasteiger partial charge in [-0.05, 0) is 50.2 Å². The molecular formula is C21H36O2. The quantitative estimate of drug-likeness (QED) is 0.350. The van der Waals surface area contributed by atoms with Crippen LogP contribution in [0.3, 0.4) is 0 Å². The van der Waals surface area contributed by atoms with Crippen molar-refractivity contribution >= 4 is 0 Å². The Balaban J connectivity index is 2.98. The minimum absolute atomic E-state index is 0.400. The molecule has 0 aromatic heterocycles. The fourth-order valence-electron chi connectivity index (χ4n) is 3.22. The third kappa shape index (κ3) is 6.45. The summed E-state index contributed by atoms with van der Waals surface area (Å²) in [6.45, 7) is 6.57. The van der Waals surface area contributed by atoms with Gasteiger partial charge in [-0.25, -0.2) is 0 Å². The van der Waals surface area contributed by atoms with Gasteiger partial charge in [0.2, 0.25) is 0 Å². The predicted octanol–water partition coefficient (Wildman–Crippen LogP) is 6.30. The molecule has 0 spiro atoms. The van der Waals surface area contributed by atoms with Crippen molar-refractivity contribution in [2.45, 2.75) is 97.8 Å². The zero-order valence-electron chi connectivity index (χ0n) is 15.5. The van der Waals surface area contributed by atoms with E-state index in [1.807, 2.05) is 6.07 Å². The highest BCUT2D eigenvalue weighted by atomic mass is 16.3. The third-order valence-corrected chi connectivity index (χ3v) is 4.68. The van der Waals surface area contributed by atoms with E-state index in [1.165, 1.54) is 38.5 Å². The second-order valence-corrected chi connectivity index (χ2v) is 6.73.